The fraction of sp³-hybridized carbons (Fsp3) is 0.167. The van der Waals surface area contributed by atoms with Gasteiger partial charge in [-0.05, 0) is 82.1 Å². The lowest BCUT2D eigenvalue weighted by Gasteiger charge is -2.16. The lowest BCUT2D eigenvalue weighted by atomic mass is 9.94. The van der Waals surface area contributed by atoms with Crippen molar-refractivity contribution in [2.45, 2.75) is 26.2 Å². The third kappa shape index (κ3) is 4.03. The Morgan fingerprint density at radius 3 is 2.39 bits per heavy atom. The van der Waals surface area contributed by atoms with E-state index in [1.807, 2.05) is 12.1 Å². The van der Waals surface area contributed by atoms with Gasteiger partial charge in [-0.15, -0.1) is 0 Å². The second-order valence-electron chi connectivity index (χ2n) is 8.79. The molecule has 0 amide bonds. The van der Waals surface area contributed by atoms with Gasteiger partial charge in [0, 0.05) is 5.92 Å². The van der Waals surface area contributed by atoms with Crippen LogP contribution in [0.3, 0.4) is 0 Å². The predicted molar refractivity (Wildman–Crippen MR) is 132 cm³/mol. The first kappa shape index (κ1) is 21.0. The number of carboxylic acids is 1. The van der Waals surface area contributed by atoms with E-state index < -0.39 is 5.97 Å². The Balaban J connectivity index is 1.33. The van der Waals surface area contributed by atoms with E-state index in [1.54, 1.807) is 12.1 Å². The fourth-order valence-electron chi connectivity index (χ4n) is 4.67. The number of aromatic carboxylic acids is 1. The molecule has 4 aromatic carbocycles. The highest BCUT2D eigenvalue weighted by Gasteiger charge is 2.21. The van der Waals surface area contributed by atoms with Crippen LogP contribution in [0.25, 0.3) is 22.3 Å². The first-order chi connectivity index (χ1) is 16.0. The normalized spacial score (nSPS) is 12.7. The summed E-state index contributed by atoms with van der Waals surface area (Å²) in [5, 5.41) is 9.07. The Bertz CT molecular complexity index is 1340. The molecule has 1 atom stereocenters. The van der Waals surface area contributed by atoms with E-state index in [1.165, 1.54) is 33.4 Å². The molecular weight excluding hydrogens is 408 g/mol. The summed E-state index contributed by atoms with van der Waals surface area (Å²) in [6.45, 7) is 4.70. The summed E-state index contributed by atoms with van der Waals surface area (Å²) in [5.74, 6) is 0.126. The maximum absolute atomic E-state index is 11.1. The topological polar surface area (TPSA) is 46.5 Å². The molecule has 33 heavy (non-hydrogen) atoms. The molecule has 1 N–H and O–H groups in total. The molecule has 4 aromatic rings. The zero-order valence-corrected chi connectivity index (χ0v) is 18.8. The van der Waals surface area contributed by atoms with Gasteiger partial charge in [0.25, 0.3) is 0 Å². The van der Waals surface area contributed by atoms with Crippen LogP contribution in [0.1, 0.15) is 45.5 Å². The predicted octanol–water partition coefficient (Wildman–Crippen LogP) is 7.11. The van der Waals surface area contributed by atoms with Crippen LogP contribution in [0.2, 0.25) is 0 Å². The van der Waals surface area contributed by atoms with Crippen molar-refractivity contribution in [3.05, 3.63) is 113 Å². The van der Waals surface area contributed by atoms with Crippen LogP contribution in [-0.4, -0.2) is 17.7 Å². The fourth-order valence-corrected chi connectivity index (χ4v) is 4.67. The van der Waals surface area contributed by atoms with Crippen LogP contribution in [0.15, 0.2) is 84.9 Å². The molecule has 0 saturated heterocycles. The quantitative estimate of drug-likeness (QED) is 0.310. The maximum atomic E-state index is 11.1. The van der Waals surface area contributed by atoms with Gasteiger partial charge in [0.1, 0.15) is 5.75 Å². The van der Waals surface area contributed by atoms with Crippen LogP contribution >= 0.6 is 0 Å². The molecule has 5 rings (SSSR count). The van der Waals surface area contributed by atoms with Gasteiger partial charge in [-0.2, -0.15) is 0 Å². The largest absolute Gasteiger partial charge is 0.493 e. The van der Waals surface area contributed by atoms with E-state index in [9.17, 15) is 4.79 Å². The first-order valence-electron chi connectivity index (χ1n) is 11.3. The number of benzene rings is 4. The van der Waals surface area contributed by atoms with Crippen LogP contribution in [-0.2, 0) is 6.42 Å². The van der Waals surface area contributed by atoms with Crippen molar-refractivity contribution in [1.82, 2.24) is 0 Å². The van der Waals surface area contributed by atoms with Crippen molar-refractivity contribution >= 4 is 5.97 Å². The molecule has 0 radical (unpaired) electrons. The van der Waals surface area contributed by atoms with Crippen molar-refractivity contribution in [2.24, 2.45) is 0 Å². The third-order valence-electron chi connectivity index (χ3n) is 6.55. The molecule has 164 valence electrons. The minimum atomic E-state index is -0.908. The standard InChI is InChI=1S/C30H26O3/c1-19-16-24(26-8-5-9-27-25-7-4-3-6-23(25)17-28(26)27)14-15-29(19)33-18-20(2)21-10-12-22(13-11-21)30(31)32/h3-16,20H,17-18H2,1-2H3,(H,31,32). The van der Waals surface area contributed by atoms with Gasteiger partial charge in [0.15, 0.2) is 0 Å². The summed E-state index contributed by atoms with van der Waals surface area (Å²) in [5.41, 5.74) is 10.4. The number of ether oxygens (including phenoxy) is 1. The molecule has 3 heteroatoms. The first-order valence-corrected chi connectivity index (χ1v) is 11.3. The zero-order chi connectivity index (χ0) is 22.9. The van der Waals surface area contributed by atoms with Gasteiger partial charge in [-0.25, -0.2) is 4.79 Å². The van der Waals surface area contributed by atoms with Gasteiger partial charge in [0.2, 0.25) is 0 Å². The van der Waals surface area contributed by atoms with Gasteiger partial charge < -0.3 is 9.84 Å². The zero-order valence-electron chi connectivity index (χ0n) is 18.8. The summed E-state index contributed by atoms with van der Waals surface area (Å²) >= 11 is 0. The summed E-state index contributed by atoms with van der Waals surface area (Å²) in [6, 6.07) is 28.7. The monoisotopic (exact) mass is 434 g/mol. The van der Waals surface area contributed by atoms with Crippen LogP contribution in [0.4, 0.5) is 0 Å². The highest BCUT2D eigenvalue weighted by atomic mass is 16.5. The van der Waals surface area contributed by atoms with Crippen LogP contribution < -0.4 is 4.74 Å². The lowest BCUT2D eigenvalue weighted by Crippen LogP contribution is -2.08. The second kappa shape index (κ2) is 8.59. The van der Waals surface area contributed by atoms with Crippen LogP contribution in [0.5, 0.6) is 5.75 Å². The molecule has 1 aliphatic rings. The Morgan fingerprint density at radius 2 is 1.64 bits per heavy atom. The highest BCUT2D eigenvalue weighted by molar-refractivity contribution is 5.87. The summed E-state index contributed by atoms with van der Waals surface area (Å²) in [7, 11) is 0. The minimum absolute atomic E-state index is 0.155. The van der Waals surface area contributed by atoms with Crippen molar-refractivity contribution in [3.63, 3.8) is 0 Å². The molecule has 1 aliphatic carbocycles. The van der Waals surface area contributed by atoms with E-state index in [0.717, 1.165) is 23.3 Å². The molecule has 0 fully saturated rings. The summed E-state index contributed by atoms with van der Waals surface area (Å²) in [4.78, 5) is 11.1. The number of carbonyl (C=O) groups is 1. The number of hydrogen-bond acceptors (Lipinski definition) is 2. The molecule has 0 spiro atoms. The van der Waals surface area contributed by atoms with E-state index in [4.69, 9.17) is 9.84 Å². The third-order valence-corrected chi connectivity index (χ3v) is 6.55. The second-order valence-corrected chi connectivity index (χ2v) is 8.79. The number of aryl methyl sites for hydroxylation is 1. The number of carboxylic acid groups (broad SMARTS) is 1. The van der Waals surface area contributed by atoms with Gasteiger partial charge in [-0.1, -0.05) is 67.6 Å². The molecule has 0 aliphatic heterocycles. The van der Waals surface area contributed by atoms with Crippen molar-refractivity contribution in [2.75, 3.05) is 6.61 Å². The number of fused-ring (bicyclic) bond motifs is 3. The Kier molecular flexibility index (Phi) is 5.47. The Labute approximate surface area is 194 Å². The van der Waals surface area contributed by atoms with E-state index >= 15 is 0 Å². The molecule has 0 aromatic heterocycles. The van der Waals surface area contributed by atoms with E-state index in [-0.39, 0.29) is 5.92 Å². The molecule has 0 bridgehead atoms. The number of rotatable bonds is 6. The SMILES string of the molecule is Cc1cc(-c2cccc3c2Cc2ccccc2-3)ccc1OCC(C)c1ccc(C(=O)O)cc1. The van der Waals surface area contributed by atoms with Gasteiger partial charge in [-0.3, -0.25) is 0 Å². The van der Waals surface area contributed by atoms with Crippen molar-refractivity contribution in [1.29, 1.82) is 0 Å². The van der Waals surface area contributed by atoms with Crippen molar-refractivity contribution < 1.29 is 14.6 Å². The minimum Gasteiger partial charge on any atom is -0.493 e. The summed E-state index contributed by atoms with van der Waals surface area (Å²) in [6.07, 6.45) is 0.969. The molecule has 3 nitrogen and oxygen atoms in total. The molecule has 0 heterocycles. The van der Waals surface area contributed by atoms with E-state index in [2.05, 4.69) is 74.5 Å². The Morgan fingerprint density at radius 1 is 0.909 bits per heavy atom. The smallest absolute Gasteiger partial charge is 0.335 e. The molecule has 1 unspecified atom stereocenters. The van der Waals surface area contributed by atoms with Gasteiger partial charge in [0.05, 0.1) is 12.2 Å². The maximum Gasteiger partial charge on any atom is 0.335 e. The average Bonchev–Trinajstić information content (AvgIpc) is 3.22. The summed E-state index contributed by atoms with van der Waals surface area (Å²) < 4.78 is 6.15. The highest BCUT2D eigenvalue weighted by Crippen LogP contribution is 2.42. The number of hydrogen-bond donors (Lipinski definition) is 1. The molecular formula is C30H26O3. The van der Waals surface area contributed by atoms with Crippen LogP contribution in [0, 0.1) is 6.92 Å². The van der Waals surface area contributed by atoms with E-state index in [0.29, 0.717) is 12.2 Å². The van der Waals surface area contributed by atoms with Crippen molar-refractivity contribution in [3.8, 4) is 28.0 Å². The lowest BCUT2D eigenvalue weighted by molar-refractivity contribution is 0.0697. The van der Waals surface area contributed by atoms with Gasteiger partial charge >= 0.3 is 5.97 Å². The Hall–Kier alpha value is -3.85. The average molecular weight is 435 g/mol. The molecule has 0 saturated carbocycles.